The van der Waals surface area contributed by atoms with Crippen molar-refractivity contribution in [2.75, 3.05) is 13.7 Å². The van der Waals surface area contributed by atoms with E-state index in [0.717, 1.165) is 0 Å². The van der Waals surface area contributed by atoms with Crippen LogP contribution in [0.5, 0.6) is 0 Å². The molecule has 0 fully saturated rings. The highest BCUT2D eigenvalue weighted by molar-refractivity contribution is 5.68. The summed E-state index contributed by atoms with van der Waals surface area (Å²) < 4.78 is 4.39. The van der Waals surface area contributed by atoms with Crippen LogP contribution in [0.1, 0.15) is 19.3 Å². The van der Waals surface area contributed by atoms with Crippen molar-refractivity contribution < 1.29 is 24.9 Å². The molecule has 13 heavy (non-hydrogen) atoms. The van der Waals surface area contributed by atoms with Crippen LogP contribution >= 0.6 is 0 Å². The Labute approximate surface area is 77.0 Å². The third-order valence-corrected chi connectivity index (χ3v) is 1.74. The van der Waals surface area contributed by atoms with E-state index in [9.17, 15) is 4.79 Å². The Kier molecular flexibility index (Phi) is 6.48. The van der Waals surface area contributed by atoms with Gasteiger partial charge in [-0.1, -0.05) is 0 Å². The number of ether oxygens (including phenoxy) is 1. The number of carbonyl (C=O) groups is 1. The average molecular weight is 192 g/mol. The maximum atomic E-state index is 10.6. The molecule has 5 nitrogen and oxygen atoms in total. The molecular weight excluding hydrogens is 176 g/mol. The first-order chi connectivity index (χ1) is 6.11. The van der Waals surface area contributed by atoms with E-state index in [1.54, 1.807) is 0 Å². The van der Waals surface area contributed by atoms with E-state index in [1.165, 1.54) is 7.11 Å². The molecule has 0 saturated heterocycles. The predicted molar refractivity (Wildman–Crippen MR) is 45.0 cm³/mol. The third kappa shape index (κ3) is 5.57. The zero-order valence-electron chi connectivity index (χ0n) is 7.64. The quantitative estimate of drug-likeness (QED) is 0.472. The highest BCUT2D eigenvalue weighted by Crippen LogP contribution is 2.05. The van der Waals surface area contributed by atoms with E-state index >= 15 is 0 Å². The molecule has 0 aliphatic rings. The standard InChI is InChI=1S/C8H16O5/c1-13-8(12)4-2-3-6(10)7(11)5-9/h6-7,9-11H,2-5H2,1H3/t6-,7+/m0/s1. The summed E-state index contributed by atoms with van der Waals surface area (Å²) >= 11 is 0. The second kappa shape index (κ2) is 6.82. The maximum absolute atomic E-state index is 10.6. The first-order valence-corrected chi connectivity index (χ1v) is 4.15. The van der Waals surface area contributed by atoms with Crippen LogP contribution in [-0.2, 0) is 9.53 Å². The van der Waals surface area contributed by atoms with Gasteiger partial charge in [0.1, 0.15) is 6.10 Å². The van der Waals surface area contributed by atoms with Crippen molar-refractivity contribution in [1.29, 1.82) is 0 Å². The first kappa shape index (κ1) is 12.3. The summed E-state index contributed by atoms with van der Waals surface area (Å²) in [5, 5.41) is 26.5. The van der Waals surface area contributed by atoms with Crippen LogP contribution in [0, 0.1) is 0 Å². The van der Waals surface area contributed by atoms with E-state index in [2.05, 4.69) is 4.74 Å². The molecule has 78 valence electrons. The number of methoxy groups -OCH3 is 1. The SMILES string of the molecule is COC(=O)CCC[C@H](O)[C@H](O)CO. The fourth-order valence-electron chi connectivity index (χ4n) is 0.872. The summed E-state index contributed by atoms with van der Waals surface area (Å²) in [6, 6.07) is 0. The molecule has 0 rings (SSSR count). The van der Waals surface area contributed by atoms with Crippen LogP contribution in [-0.4, -0.2) is 47.2 Å². The summed E-state index contributed by atoms with van der Waals surface area (Å²) in [7, 11) is 1.29. The minimum atomic E-state index is -1.13. The maximum Gasteiger partial charge on any atom is 0.305 e. The monoisotopic (exact) mass is 192 g/mol. The normalized spacial score (nSPS) is 15.1. The Morgan fingerprint density at radius 2 is 2.00 bits per heavy atom. The van der Waals surface area contributed by atoms with Gasteiger partial charge in [-0.25, -0.2) is 0 Å². The van der Waals surface area contributed by atoms with Crippen molar-refractivity contribution in [2.45, 2.75) is 31.5 Å². The lowest BCUT2D eigenvalue weighted by Crippen LogP contribution is -2.29. The highest BCUT2D eigenvalue weighted by atomic mass is 16.5. The van der Waals surface area contributed by atoms with Crippen LogP contribution in [0.25, 0.3) is 0 Å². The van der Waals surface area contributed by atoms with Crippen molar-refractivity contribution in [3.05, 3.63) is 0 Å². The van der Waals surface area contributed by atoms with Gasteiger partial charge in [-0.3, -0.25) is 4.79 Å². The van der Waals surface area contributed by atoms with Crippen molar-refractivity contribution >= 4 is 5.97 Å². The van der Waals surface area contributed by atoms with Crippen LogP contribution in [0.3, 0.4) is 0 Å². The average Bonchev–Trinajstić information content (AvgIpc) is 2.15. The molecule has 3 N–H and O–H groups in total. The van der Waals surface area contributed by atoms with Gasteiger partial charge in [0.15, 0.2) is 0 Å². The van der Waals surface area contributed by atoms with Gasteiger partial charge in [-0.2, -0.15) is 0 Å². The van der Waals surface area contributed by atoms with Crippen LogP contribution in [0.2, 0.25) is 0 Å². The summed E-state index contributed by atoms with van der Waals surface area (Å²) in [6.45, 7) is -0.473. The van der Waals surface area contributed by atoms with Crippen molar-refractivity contribution in [1.82, 2.24) is 0 Å². The van der Waals surface area contributed by atoms with Gasteiger partial charge in [0.05, 0.1) is 19.8 Å². The second-order valence-corrected chi connectivity index (χ2v) is 2.79. The van der Waals surface area contributed by atoms with Gasteiger partial charge >= 0.3 is 5.97 Å². The summed E-state index contributed by atoms with van der Waals surface area (Å²) in [5.41, 5.74) is 0. The molecule has 0 aliphatic carbocycles. The number of rotatable bonds is 6. The molecular formula is C8H16O5. The molecule has 0 aromatic heterocycles. The number of aliphatic hydroxyl groups is 3. The molecule has 0 heterocycles. The molecule has 0 bridgehead atoms. The molecule has 0 aromatic rings. The van der Waals surface area contributed by atoms with E-state index in [4.69, 9.17) is 15.3 Å². The van der Waals surface area contributed by atoms with Crippen molar-refractivity contribution in [3.63, 3.8) is 0 Å². The van der Waals surface area contributed by atoms with E-state index < -0.39 is 18.8 Å². The largest absolute Gasteiger partial charge is 0.469 e. The molecule has 0 aliphatic heterocycles. The number of hydrogen-bond acceptors (Lipinski definition) is 5. The highest BCUT2D eigenvalue weighted by Gasteiger charge is 2.14. The Bertz CT molecular complexity index is 147. The summed E-state index contributed by atoms with van der Waals surface area (Å²) in [5.74, 6) is -0.342. The van der Waals surface area contributed by atoms with Crippen molar-refractivity contribution in [3.8, 4) is 0 Å². The van der Waals surface area contributed by atoms with Crippen molar-refractivity contribution in [2.24, 2.45) is 0 Å². The number of aliphatic hydroxyl groups excluding tert-OH is 3. The van der Waals surface area contributed by atoms with Gasteiger partial charge < -0.3 is 20.1 Å². The third-order valence-electron chi connectivity index (χ3n) is 1.74. The van der Waals surface area contributed by atoms with Crippen LogP contribution < -0.4 is 0 Å². The molecule has 0 aromatic carbocycles. The lowest BCUT2D eigenvalue weighted by Gasteiger charge is -2.14. The lowest BCUT2D eigenvalue weighted by molar-refractivity contribution is -0.140. The lowest BCUT2D eigenvalue weighted by atomic mass is 10.1. The van der Waals surface area contributed by atoms with E-state index in [-0.39, 0.29) is 18.8 Å². The minimum Gasteiger partial charge on any atom is -0.469 e. The fourth-order valence-corrected chi connectivity index (χ4v) is 0.872. The zero-order chi connectivity index (χ0) is 10.3. The molecule has 0 radical (unpaired) electrons. The Morgan fingerprint density at radius 1 is 1.38 bits per heavy atom. The summed E-state index contributed by atoms with van der Waals surface area (Å²) in [6.07, 6.45) is -1.18. The predicted octanol–water partition coefficient (Wildman–Crippen LogP) is -0.956. The van der Waals surface area contributed by atoms with Gasteiger partial charge in [-0.15, -0.1) is 0 Å². The molecule has 0 unspecified atom stereocenters. The van der Waals surface area contributed by atoms with Gasteiger partial charge in [-0.05, 0) is 12.8 Å². The zero-order valence-corrected chi connectivity index (χ0v) is 7.64. The van der Waals surface area contributed by atoms with E-state index in [0.29, 0.717) is 6.42 Å². The molecule has 0 saturated carbocycles. The topological polar surface area (TPSA) is 87.0 Å². The minimum absolute atomic E-state index is 0.214. The molecule has 2 atom stereocenters. The van der Waals surface area contributed by atoms with Crippen LogP contribution in [0.4, 0.5) is 0 Å². The number of esters is 1. The molecule has 0 amide bonds. The van der Waals surface area contributed by atoms with Gasteiger partial charge in [0, 0.05) is 6.42 Å². The number of hydrogen-bond donors (Lipinski definition) is 3. The Morgan fingerprint density at radius 3 is 2.46 bits per heavy atom. The van der Waals surface area contributed by atoms with Crippen LogP contribution in [0.15, 0.2) is 0 Å². The summed E-state index contributed by atoms with van der Waals surface area (Å²) in [4.78, 5) is 10.6. The Balaban J connectivity index is 3.47. The first-order valence-electron chi connectivity index (χ1n) is 4.15. The van der Waals surface area contributed by atoms with Gasteiger partial charge in [0.2, 0.25) is 0 Å². The second-order valence-electron chi connectivity index (χ2n) is 2.79. The molecule has 0 spiro atoms. The molecule has 5 heteroatoms. The Hall–Kier alpha value is -0.650. The smallest absolute Gasteiger partial charge is 0.305 e. The van der Waals surface area contributed by atoms with E-state index in [1.807, 2.05) is 0 Å². The fraction of sp³-hybridized carbons (Fsp3) is 0.875. The number of carbonyl (C=O) groups excluding carboxylic acids is 1. The van der Waals surface area contributed by atoms with Gasteiger partial charge in [0.25, 0.3) is 0 Å².